The van der Waals surface area contributed by atoms with Crippen molar-refractivity contribution in [3.8, 4) is 67.9 Å². The Bertz CT molecular complexity index is 3170. The van der Waals surface area contributed by atoms with Gasteiger partial charge in [0.1, 0.15) is 42.6 Å². The number of ether oxygens (including phenoxy) is 3. The molecule has 0 radical (unpaired) electrons. The summed E-state index contributed by atoms with van der Waals surface area (Å²) >= 11 is 1.75. The highest BCUT2D eigenvalue weighted by Crippen LogP contribution is 2.53. The van der Waals surface area contributed by atoms with E-state index in [1.165, 1.54) is 21.5 Å². The number of hydrogen-bond acceptors (Lipinski definition) is 5. The van der Waals surface area contributed by atoms with Crippen LogP contribution in [0.3, 0.4) is 0 Å². The van der Waals surface area contributed by atoms with Crippen molar-refractivity contribution in [3.05, 3.63) is 211 Å². The molecule has 9 aromatic carbocycles. The van der Waals surface area contributed by atoms with Gasteiger partial charge in [0, 0.05) is 50.3 Å². The third kappa shape index (κ3) is 6.50. The second-order valence-electron chi connectivity index (χ2n) is 18.1. The Labute approximate surface area is 385 Å². The van der Waals surface area contributed by atoms with E-state index in [1.807, 2.05) is 18.2 Å². The molecular formula is C59H45NO3SSi. The van der Waals surface area contributed by atoms with Crippen LogP contribution >= 0.6 is 11.8 Å². The number of benzene rings is 9. The first-order valence-corrected chi connectivity index (χ1v) is 26.0. The van der Waals surface area contributed by atoms with Crippen molar-refractivity contribution in [1.82, 2.24) is 0 Å². The molecule has 4 nitrogen and oxygen atoms in total. The molecule has 0 aromatic heterocycles. The van der Waals surface area contributed by atoms with E-state index >= 15 is 0 Å². The number of fused-ring (bicyclic) bond motifs is 6. The predicted molar refractivity (Wildman–Crippen MR) is 270 cm³/mol. The number of rotatable bonds is 6. The normalized spacial score (nSPS) is 14.4. The summed E-state index contributed by atoms with van der Waals surface area (Å²) in [5, 5.41) is 2.66. The Morgan fingerprint density at radius 2 is 0.831 bits per heavy atom. The fraction of sp³-hybridized carbons (Fsp3) is 0.0847. The van der Waals surface area contributed by atoms with Gasteiger partial charge in [0.15, 0.2) is 0 Å². The van der Waals surface area contributed by atoms with Crippen molar-refractivity contribution >= 4 is 47.3 Å². The predicted octanol–water partition coefficient (Wildman–Crippen LogP) is 15.8. The highest BCUT2D eigenvalue weighted by Gasteiger charge is 2.38. The minimum atomic E-state index is -1.98. The molecule has 12 rings (SSSR count). The zero-order valence-corrected chi connectivity index (χ0v) is 38.4. The van der Waals surface area contributed by atoms with Crippen molar-refractivity contribution in [2.24, 2.45) is 0 Å². The summed E-state index contributed by atoms with van der Waals surface area (Å²) in [5.41, 5.74) is 11.9. The van der Waals surface area contributed by atoms with Crippen LogP contribution in [0.5, 0.6) is 34.5 Å². The van der Waals surface area contributed by atoms with Crippen LogP contribution in [0, 0.1) is 0 Å². The molecule has 314 valence electrons. The van der Waals surface area contributed by atoms with Gasteiger partial charge in [0.05, 0.1) is 9.79 Å². The average molecular weight is 876 g/mol. The zero-order chi connectivity index (χ0) is 43.9. The lowest BCUT2D eigenvalue weighted by Crippen LogP contribution is -2.56. The summed E-state index contributed by atoms with van der Waals surface area (Å²) in [6, 6.07) is 71.4. The summed E-state index contributed by atoms with van der Waals surface area (Å²) < 4.78 is 20.0. The average Bonchev–Trinajstić information content (AvgIpc) is 3.34. The highest BCUT2D eigenvalue weighted by atomic mass is 32.2. The molecular weight excluding hydrogens is 831 g/mol. The monoisotopic (exact) mass is 875 g/mol. The molecule has 0 unspecified atom stereocenters. The number of para-hydroxylation sites is 6. The smallest absolute Gasteiger partial charge is 0.149 e. The molecule has 0 atom stereocenters. The minimum absolute atomic E-state index is 0.197. The van der Waals surface area contributed by atoms with E-state index in [1.54, 1.807) is 11.8 Å². The fourth-order valence-corrected chi connectivity index (χ4v) is 13.8. The van der Waals surface area contributed by atoms with Gasteiger partial charge in [-0.05, 0) is 93.8 Å². The van der Waals surface area contributed by atoms with Gasteiger partial charge in [0.2, 0.25) is 0 Å². The minimum Gasteiger partial charge on any atom is -0.457 e. The zero-order valence-electron chi connectivity index (χ0n) is 36.6. The van der Waals surface area contributed by atoms with Gasteiger partial charge in [0.25, 0.3) is 0 Å². The van der Waals surface area contributed by atoms with Gasteiger partial charge in [-0.3, -0.25) is 0 Å². The molecule has 3 aliphatic rings. The third-order valence-corrected chi connectivity index (χ3v) is 18.1. The first-order valence-electron chi connectivity index (χ1n) is 22.2. The van der Waals surface area contributed by atoms with Gasteiger partial charge in [-0.15, -0.1) is 0 Å². The van der Waals surface area contributed by atoms with Crippen LogP contribution in [0.15, 0.2) is 210 Å². The van der Waals surface area contributed by atoms with Crippen molar-refractivity contribution in [1.29, 1.82) is 0 Å². The van der Waals surface area contributed by atoms with Crippen molar-refractivity contribution in [2.75, 3.05) is 4.90 Å². The molecule has 3 heterocycles. The van der Waals surface area contributed by atoms with E-state index in [2.05, 4.69) is 214 Å². The molecule has 9 aromatic rings. The molecule has 0 bridgehead atoms. The van der Waals surface area contributed by atoms with Crippen LogP contribution in [0.25, 0.3) is 33.4 Å². The Morgan fingerprint density at radius 1 is 0.385 bits per heavy atom. The Hall–Kier alpha value is -7.25. The quantitative estimate of drug-likeness (QED) is 0.155. The Morgan fingerprint density at radius 3 is 1.49 bits per heavy atom. The lowest BCUT2D eigenvalue weighted by molar-refractivity contribution is 0.419. The van der Waals surface area contributed by atoms with E-state index in [-0.39, 0.29) is 5.41 Å². The van der Waals surface area contributed by atoms with E-state index in [9.17, 15) is 0 Å². The summed E-state index contributed by atoms with van der Waals surface area (Å²) in [6.45, 7) is 9.41. The topological polar surface area (TPSA) is 30.9 Å². The SMILES string of the molecule is CC1(C)c2ccccc2Oc2c(-c3ccc(N(c4ccc(-c5cccc6c5Oc5ccccc5S6)cc4)c4ccc(-c5cccc6c5Oc5ccccc5[Si]6(C)C)cc4)cc3)cccc21. The van der Waals surface area contributed by atoms with Gasteiger partial charge < -0.3 is 19.1 Å². The van der Waals surface area contributed by atoms with E-state index in [4.69, 9.17) is 14.2 Å². The lowest BCUT2D eigenvalue weighted by atomic mass is 9.75. The number of anilines is 3. The molecule has 0 amide bonds. The summed E-state index contributed by atoms with van der Waals surface area (Å²) in [7, 11) is -1.98. The lowest BCUT2D eigenvalue weighted by Gasteiger charge is -2.35. The molecule has 0 saturated carbocycles. The second-order valence-corrected chi connectivity index (χ2v) is 23.5. The number of hydrogen-bond donors (Lipinski definition) is 0. The molecule has 0 fully saturated rings. The van der Waals surface area contributed by atoms with Crippen LogP contribution in [-0.4, -0.2) is 8.07 Å². The van der Waals surface area contributed by atoms with E-state index in [0.29, 0.717) is 0 Å². The van der Waals surface area contributed by atoms with Gasteiger partial charge in [-0.2, -0.15) is 0 Å². The van der Waals surface area contributed by atoms with Crippen LogP contribution in [0.1, 0.15) is 25.0 Å². The van der Waals surface area contributed by atoms with Crippen molar-refractivity contribution < 1.29 is 14.2 Å². The molecule has 0 spiro atoms. The molecule has 0 N–H and O–H groups in total. The van der Waals surface area contributed by atoms with Crippen molar-refractivity contribution in [3.63, 3.8) is 0 Å². The van der Waals surface area contributed by atoms with Gasteiger partial charge in [-0.1, -0.05) is 172 Å². The van der Waals surface area contributed by atoms with Crippen LogP contribution in [0.4, 0.5) is 17.1 Å². The maximum absolute atomic E-state index is 6.73. The van der Waals surface area contributed by atoms with Crippen LogP contribution < -0.4 is 29.5 Å². The standard InChI is InChI=1S/C59H45NO3SSi/c1-59(2)47-17-5-6-19-49(47)61-56-44(14-11-18-48(56)59)38-26-32-41(33-27-38)60(42-34-28-39(29-35-42)45-15-12-23-53-57(45)62-50-20-7-9-22-52(50)64-53)43-36-30-40(31-37-43)46-16-13-25-55-58(46)63-51-21-8-10-24-54(51)65(55,3)4/h5-37H,1-4H3. The second kappa shape index (κ2) is 15.2. The molecule has 3 aliphatic heterocycles. The molecule has 0 aliphatic carbocycles. The largest absolute Gasteiger partial charge is 0.457 e. The van der Waals surface area contributed by atoms with E-state index < -0.39 is 8.07 Å². The maximum Gasteiger partial charge on any atom is 0.149 e. The summed E-state index contributed by atoms with van der Waals surface area (Å²) in [6.07, 6.45) is 0. The molecule has 6 heteroatoms. The Balaban J connectivity index is 0.927. The first kappa shape index (κ1) is 39.3. The maximum atomic E-state index is 6.73. The van der Waals surface area contributed by atoms with Crippen LogP contribution in [-0.2, 0) is 5.41 Å². The third-order valence-electron chi connectivity index (χ3n) is 13.5. The number of nitrogens with zero attached hydrogens (tertiary/aromatic N) is 1. The van der Waals surface area contributed by atoms with Gasteiger partial charge in [-0.25, -0.2) is 0 Å². The summed E-state index contributed by atoms with van der Waals surface area (Å²) in [5.74, 6) is 5.57. The molecule has 0 saturated heterocycles. The van der Waals surface area contributed by atoms with Gasteiger partial charge >= 0.3 is 0 Å². The first-order chi connectivity index (χ1) is 31.7. The van der Waals surface area contributed by atoms with Crippen LogP contribution in [0.2, 0.25) is 13.1 Å². The van der Waals surface area contributed by atoms with Crippen molar-refractivity contribution in [2.45, 2.75) is 42.1 Å². The summed E-state index contributed by atoms with van der Waals surface area (Å²) in [4.78, 5) is 4.58. The fourth-order valence-electron chi connectivity index (χ4n) is 9.98. The van der Waals surface area contributed by atoms with E-state index in [0.717, 1.165) is 94.7 Å². The Kier molecular flexibility index (Phi) is 9.20. The highest BCUT2D eigenvalue weighted by molar-refractivity contribution is 7.99. The molecule has 65 heavy (non-hydrogen) atoms.